The summed E-state index contributed by atoms with van der Waals surface area (Å²) in [6, 6.07) is -0.133. The van der Waals surface area contributed by atoms with E-state index < -0.39 is 0 Å². The standard InChI is InChI=1S/C15H22N4O4/c1-9-6-13(15(21)22-9)18-5-4-12(7-18)19(11(3)20)8-14-16-10(2)23-17-14/h9,12-13H,4-8H2,1-3H3/t9-,12+,13+/m0/s1. The Bertz CT molecular complexity index is 602. The molecular weight excluding hydrogens is 300 g/mol. The monoisotopic (exact) mass is 322 g/mol. The van der Waals surface area contributed by atoms with Gasteiger partial charge in [-0.25, -0.2) is 0 Å². The number of hydrogen-bond acceptors (Lipinski definition) is 7. The molecule has 1 aromatic heterocycles. The molecule has 0 spiro atoms. The fourth-order valence-corrected chi connectivity index (χ4v) is 3.39. The number of nitrogens with zero attached hydrogens (tertiary/aromatic N) is 4. The van der Waals surface area contributed by atoms with Crippen LogP contribution in [0.2, 0.25) is 0 Å². The van der Waals surface area contributed by atoms with E-state index in [0.717, 1.165) is 19.4 Å². The van der Waals surface area contributed by atoms with Crippen LogP contribution in [0.5, 0.6) is 0 Å². The molecule has 2 fully saturated rings. The molecule has 3 rings (SSSR count). The van der Waals surface area contributed by atoms with Crippen molar-refractivity contribution in [3.63, 3.8) is 0 Å². The van der Waals surface area contributed by atoms with Gasteiger partial charge in [0.2, 0.25) is 11.8 Å². The number of likely N-dealkylation sites (tertiary alicyclic amines) is 1. The second kappa shape index (κ2) is 6.27. The Morgan fingerprint density at radius 2 is 2.26 bits per heavy atom. The van der Waals surface area contributed by atoms with E-state index >= 15 is 0 Å². The summed E-state index contributed by atoms with van der Waals surface area (Å²) >= 11 is 0. The predicted molar refractivity (Wildman–Crippen MR) is 79.2 cm³/mol. The summed E-state index contributed by atoms with van der Waals surface area (Å²) in [5.74, 6) is 0.812. The van der Waals surface area contributed by atoms with Crippen LogP contribution in [0.3, 0.4) is 0 Å². The molecule has 1 amide bonds. The number of esters is 1. The van der Waals surface area contributed by atoms with E-state index in [1.54, 1.807) is 18.7 Å². The first kappa shape index (κ1) is 15.9. The van der Waals surface area contributed by atoms with Crippen LogP contribution in [0.1, 0.15) is 38.4 Å². The average molecular weight is 322 g/mol. The number of carbonyl (C=O) groups excluding carboxylic acids is 2. The van der Waals surface area contributed by atoms with Crippen molar-refractivity contribution in [2.24, 2.45) is 0 Å². The van der Waals surface area contributed by atoms with Gasteiger partial charge in [-0.3, -0.25) is 14.5 Å². The highest BCUT2D eigenvalue weighted by molar-refractivity contribution is 5.78. The summed E-state index contributed by atoms with van der Waals surface area (Å²) < 4.78 is 10.2. The average Bonchev–Trinajstić information content (AvgIpc) is 3.16. The molecule has 126 valence electrons. The number of rotatable bonds is 4. The number of ether oxygens (including phenoxy) is 1. The zero-order valence-corrected chi connectivity index (χ0v) is 13.7. The van der Waals surface area contributed by atoms with Crippen molar-refractivity contribution < 1.29 is 18.8 Å². The summed E-state index contributed by atoms with van der Waals surface area (Å²) in [4.78, 5) is 32.0. The number of aryl methyl sites for hydroxylation is 1. The van der Waals surface area contributed by atoms with Crippen molar-refractivity contribution in [1.29, 1.82) is 0 Å². The van der Waals surface area contributed by atoms with E-state index in [0.29, 0.717) is 24.8 Å². The van der Waals surface area contributed by atoms with Crippen LogP contribution in [0.15, 0.2) is 4.52 Å². The molecule has 0 saturated carbocycles. The number of aromatic nitrogens is 2. The van der Waals surface area contributed by atoms with Gasteiger partial charge in [0.05, 0.1) is 6.54 Å². The Labute approximate surface area is 134 Å². The zero-order valence-electron chi connectivity index (χ0n) is 13.7. The van der Waals surface area contributed by atoms with Crippen LogP contribution < -0.4 is 0 Å². The quantitative estimate of drug-likeness (QED) is 0.746. The molecule has 0 aromatic carbocycles. The molecular formula is C15H22N4O4. The van der Waals surface area contributed by atoms with Crippen LogP contribution in [0, 0.1) is 6.92 Å². The highest BCUT2D eigenvalue weighted by atomic mass is 16.6. The minimum atomic E-state index is -0.184. The van der Waals surface area contributed by atoms with E-state index in [2.05, 4.69) is 15.0 Å². The first-order valence-corrected chi connectivity index (χ1v) is 7.95. The summed E-state index contributed by atoms with van der Waals surface area (Å²) in [5, 5.41) is 3.86. The smallest absolute Gasteiger partial charge is 0.323 e. The van der Waals surface area contributed by atoms with E-state index in [1.807, 2.05) is 6.92 Å². The van der Waals surface area contributed by atoms with Crippen molar-refractivity contribution >= 4 is 11.9 Å². The van der Waals surface area contributed by atoms with Gasteiger partial charge in [-0.2, -0.15) is 4.98 Å². The lowest BCUT2D eigenvalue weighted by atomic mass is 10.1. The van der Waals surface area contributed by atoms with Crippen LogP contribution in [0.25, 0.3) is 0 Å². The maximum absolute atomic E-state index is 12.0. The summed E-state index contributed by atoms with van der Waals surface area (Å²) in [7, 11) is 0. The summed E-state index contributed by atoms with van der Waals surface area (Å²) in [6.45, 7) is 6.96. The van der Waals surface area contributed by atoms with Crippen LogP contribution in [0.4, 0.5) is 0 Å². The van der Waals surface area contributed by atoms with Gasteiger partial charge in [0, 0.05) is 39.4 Å². The highest BCUT2D eigenvalue weighted by Crippen LogP contribution is 2.26. The lowest BCUT2D eigenvalue weighted by molar-refractivity contribution is -0.144. The molecule has 0 bridgehead atoms. The van der Waals surface area contributed by atoms with Crippen LogP contribution >= 0.6 is 0 Å². The Kier molecular flexibility index (Phi) is 4.34. The maximum Gasteiger partial charge on any atom is 0.323 e. The van der Waals surface area contributed by atoms with Crippen molar-refractivity contribution in [2.45, 2.75) is 58.3 Å². The molecule has 2 aliphatic heterocycles. The lowest BCUT2D eigenvalue weighted by Crippen LogP contribution is -2.43. The van der Waals surface area contributed by atoms with Gasteiger partial charge in [0.1, 0.15) is 12.1 Å². The Morgan fingerprint density at radius 3 is 2.83 bits per heavy atom. The second-order valence-electron chi connectivity index (χ2n) is 6.31. The second-order valence-corrected chi connectivity index (χ2v) is 6.31. The van der Waals surface area contributed by atoms with E-state index in [-0.39, 0.29) is 30.1 Å². The number of amides is 1. The summed E-state index contributed by atoms with van der Waals surface area (Å²) in [6.07, 6.45) is 1.52. The summed E-state index contributed by atoms with van der Waals surface area (Å²) in [5.41, 5.74) is 0. The van der Waals surface area contributed by atoms with Gasteiger partial charge in [-0.1, -0.05) is 5.16 Å². The molecule has 0 N–H and O–H groups in total. The van der Waals surface area contributed by atoms with E-state index in [9.17, 15) is 9.59 Å². The van der Waals surface area contributed by atoms with Crippen molar-refractivity contribution in [3.05, 3.63) is 11.7 Å². The Hall–Kier alpha value is -1.96. The third-order valence-electron chi connectivity index (χ3n) is 4.51. The molecule has 1 aromatic rings. The molecule has 8 heteroatoms. The largest absolute Gasteiger partial charge is 0.461 e. The van der Waals surface area contributed by atoms with Gasteiger partial charge in [-0.15, -0.1) is 0 Å². The van der Waals surface area contributed by atoms with Gasteiger partial charge < -0.3 is 14.2 Å². The molecule has 8 nitrogen and oxygen atoms in total. The van der Waals surface area contributed by atoms with Crippen molar-refractivity contribution in [1.82, 2.24) is 19.9 Å². The fourth-order valence-electron chi connectivity index (χ4n) is 3.39. The molecule has 0 unspecified atom stereocenters. The number of cyclic esters (lactones) is 1. The van der Waals surface area contributed by atoms with Crippen molar-refractivity contribution in [2.75, 3.05) is 13.1 Å². The Morgan fingerprint density at radius 1 is 1.48 bits per heavy atom. The Balaban J connectivity index is 1.65. The normalized spacial score (nSPS) is 28.1. The highest BCUT2D eigenvalue weighted by Gasteiger charge is 2.41. The van der Waals surface area contributed by atoms with E-state index in [1.165, 1.54) is 0 Å². The lowest BCUT2D eigenvalue weighted by Gasteiger charge is -2.27. The third-order valence-corrected chi connectivity index (χ3v) is 4.51. The molecule has 0 aliphatic carbocycles. The van der Waals surface area contributed by atoms with Crippen LogP contribution in [-0.2, 0) is 20.9 Å². The molecule has 2 aliphatic rings. The van der Waals surface area contributed by atoms with Gasteiger partial charge >= 0.3 is 5.97 Å². The first-order valence-electron chi connectivity index (χ1n) is 7.95. The van der Waals surface area contributed by atoms with Gasteiger partial charge in [0.25, 0.3) is 0 Å². The minimum absolute atomic E-state index is 0.0262. The van der Waals surface area contributed by atoms with Gasteiger partial charge in [-0.05, 0) is 13.3 Å². The fraction of sp³-hybridized carbons (Fsp3) is 0.733. The predicted octanol–water partition coefficient (Wildman–Crippen LogP) is 0.505. The van der Waals surface area contributed by atoms with E-state index in [4.69, 9.17) is 9.26 Å². The molecule has 3 atom stereocenters. The SMILES string of the molecule is CC(=O)N(Cc1noc(C)n1)[C@@H]1CCN([C@@H]2C[C@H](C)OC2=O)C1. The molecule has 0 radical (unpaired) electrons. The minimum Gasteiger partial charge on any atom is -0.461 e. The van der Waals surface area contributed by atoms with Gasteiger partial charge in [0.15, 0.2) is 5.82 Å². The van der Waals surface area contributed by atoms with Crippen molar-refractivity contribution in [3.8, 4) is 0 Å². The first-order chi connectivity index (χ1) is 10.9. The molecule has 23 heavy (non-hydrogen) atoms. The number of hydrogen-bond donors (Lipinski definition) is 0. The van der Waals surface area contributed by atoms with Crippen LogP contribution in [-0.4, -0.2) is 63.1 Å². The topological polar surface area (TPSA) is 88.8 Å². The number of carbonyl (C=O) groups is 2. The third kappa shape index (κ3) is 3.36. The molecule has 3 heterocycles. The zero-order chi connectivity index (χ0) is 16.6. The maximum atomic E-state index is 12.0. The molecule has 2 saturated heterocycles.